The van der Waals surface area contributed by atoms with E-state index < -0.39 is 13.3 Å². The summed E-state index contributed by atoms with van der Waals surface area (Å²) in [6.07, 6.45) is 4.24. The van der Waals surface area contributed by atoms with Crippen molar-refractivity contribution in [2.45, 2.75) is 6.54 Å². The molecule has 26 heavy (non-hydrogen) atoms. The fourth-order valence-electron chi connectivity index (χ4n) is 4.88. The first-order chi connectivity index (χ1) is 12.9. The standard InChI is InChI=1S/C23H17GeN2/c1-3-8-18(9-4-1)24(19-10-5-2-6-11-19)20-12-7-15-26-16-17-13-14-25-23(24)21(17)22(20)26/h1-15H,16H2/q+1. The minimum absolute atomic E-state index is 0.968. The van der Waals surface area contributed by atoms with Gasteiger partial charge in [-0.1, -0.05) is 0 Å². The maximum absolute atomic E-state index is 5.04. The van der Waals surface area contributed by atoms with Gasteiger partial charge in [-0.3, -0.25) is 0 Å². The van der Waals surface area contributed by atoms with Crippen LogP contribution >= 0.6 is 0 Å². The van der Waals surface area contributed by atoms with Crippen molar-refractivity contribution in [2.75, 3.05) is 0 Å². The molecule has 2 aromatic carbocycles. The second kappa shape index (κ2) is 5.15. The molecule has 0 N–H and O–H groups in total. The first kappa shape index (κ1) is 14.5. The molecule has 2 aliphatic heterocycles. The monoisotopic (exact) mass is 395 g/mol. The molecule has 0 aliphatic carbocycles. The first-order valence-electron chi connectivity index (χ1n) is 9.03. The Kier molecular flexibility index (Phi) is 2.86. The molecule has 4 aromatic rings. The van der Waals surface area contributed by atoms with Gasteiger partial charge in [-0.25, -0.2) is 0 Å². The maximum atomic E-state index is 5.04. The molecule has 0 spiro atoms. The third-order valence-electron chi connectivity index (χ3n) is 5.86. The van der Waals surface area contributed by atoms with Crippen molar-refractivity contribution in [3.8, 4) is 11.3 Å². The van der Waals surface area contributed by atoms with E-state index in [9.17, 15) is 0 Å². The molecule has 6 rings (SSSR count). The topological polar surface area (TPSA) is 16.8 Å². The van der Waals surface area contributed by atoms with Crippen molar-refractivity contribution in [3.63, 3.8) is 0 Å². The SMILES string of the molecule is c1cc[c]([Ge]2([c]3ccccc3)[c]3ccc[n+]4c3-c3c(ccn[c]32)C4)cc1. The quantitative estimate of drug-likeness (QED) is 0.318. The molecule has 2 nitrogen and oxygen atoms in total. The molecule has 2 aliphatic rings. The van der Waals surface area contributed by atoms with Gasteiger partial charge in [0.05, 0.1) is 0 Å². The molecule has 3 heteroatoms. The van der Waals surface area contributed by atoms with Crippen LogP contribution in [0.25, 0.3) is 11.3 Å². The summed E-state index contributed by atoms with van der Waals surface area (Å²) in [5.41, 5.74) is 4.25. The van der Waals surface area contributed by atoms with Crippen molar-refractivity contribution in [1.82, 2.24) is 4.98 Å². The average molecular weight is 394 g/mol. The molecule has 0 amide bonds. The second-order valence-electron chi connectivity index (χ2n) is 7.07. The summed E-state index contributed by atoms with van der Waals surface area (Å²) >= 11 is -3.05. The van der Waals surface area contributed by atoms with E-state index in [2.05, 4.69) is 89.6 Å². The number of rotatable bonds is 2. The van der Waals surface area contributed by atoms with Crippen LogP contribution in [0, 0.1) is 0 Å². The van der Waals surface area contributed by atoms with Crippen LogP contribution in [0.5, 0.6) is 0 Å². The molecule has 0 unspecified atom stereocenters. The van der Waals surface area contributed by atoms with Gasteiger partial charge in [0.2, 0.25) is 0 Å². The van der Waals surface area contributed by atoms with Crippen LogP contribution in [-0.2, 0) is 6.54 Å². The third kappa shape index (κ3) is 1.63. The van der Waals surface area contributed by atoms with Gasteiger partial charge < -0.3 is 0 Å². The van der Waals surface area contributed by atoms with Gasteiger partial charge in [0.1, 0.15) is 0 Å². The van der Waals surface area contributed by atoms with Crippen LogP contribution in [0.3, 0.4) is 0 Å². The molecule has 0 fully saturated rings. The normalized spacial score (nSPS) is 15.1. The molecule has 122 valence electrons. The fraction of sp³-hybridized carbons (Fsp3) is 0.0435. The van der Waals surface area contributed by atoms with Crippen molar-refractivity contribution in [1.29, 1.82) is 0 Å². The van der Waals surface area contributed by atoms with E-state index in [1.54, 1.807) is 0 Å². The number of benzene rings is 2. The van der Waals surface area contributed by atoms with Crippen molar-refractivity contribution >= 4 is 31.0 Å². The van der Waals surface area contributed by atoms with E-state index >= 15 is 0 Å². The fourth-order valence-corrected chi connectivity index (χ4v) is 15.4. The van der Waals surface area contributed by atoms with Crippen LogP contribution in [0.1, 0.15) is 5.56 Å². The second-order valence-corrected chi connectivity index (χ2v) is 14.8. The summed E-state index contributed by atoms with van der Waals surface area (Å²) in [7, 11) is 0. The van der Waals surface area contributed by atoms with Crippen LogP contribution in [0.2, 0.25) is 0 Å². The molecule has 0 saturated heterocycles. The molecule has 0 radical (unpaired) electrons. The van der Waals surface area contributed by atoms with Crippen molar-refractivity contribution in [2.24, 2.45) is 0 Å². The Morgan fingerprint density at radius 3 is 2.15 bits per heavy atom. The Balaban J connectivity index is 1.84. The van der Waals surface area contributed by atoms with E-state index in [4.69, 9.17) is 4.98 Å². The van der Waals surface area contributed by atoms with Gasteiger partial charge in [-0.05, 0) is 0 Å². The summed E-state index contributed by atoms with van der Waals surface area (Å²) in [5.74, 6) is 0. The zero-order chi connectivity index (χ0) is 17.1. The summed E-state index contributed by atoms with van der Waals surface area (Å²) < 4.78 is 8.22. The molecule has 4 heterocycles. The van der Waals surface area contributed by atoms with E-state index in [-0.39, 0.29) is 0 Å². The predicted octanol–water partition coefficient (Wildman–Crippen LogP) is 1.09. The van der Waals surface area contributed by atoms with Gasteiger partial charge in [0.15, 0.2) is 0 Å². The summed E-state index contributed by atoms with van der Waals surface area (Å²) in [6.45, 7) is 0.968. The molecular weight excluding hydrogens is 377 g/mol. The van der Waals surface area contributed by atoms with Gasteiger partial charge >= 0.3 is 155 Å². The summed E-state index contributed by atoms with van der Waals surface area (Å²) in [6, 6.07) is 29.0. The summed E-state index contributed by atoms with van der Waals surface area (Å²) in [5, 5.41) is 0. The zero-order valence-corrected chi connectivity index (χ0v) is 16.4. The zero-order valence-electron chi connectivity index (χ0n) is 14.3. The van der Waals surface area contributed by atoms with E-state index in [1.807, 2.05) is 6.20 Å². The van der Waals surface area contributed by atoms with E-state index in [0.717, 1.165) is 6.54 Å². The van der Waals surface area contributed by atoms with Gasteiger partial charge in [-0.2, -0.15) is 0 Å². The van der Waals surface area contributed by atoms with Crippen LogP contribution < -0.4 is 22.3 Å². The number of hydrogen-bond acceptors (Lipinski definition) is 1. The number of hydrogen-bond donors (Lipinski definition) is 0. The molecule has 0 bridgehead atoms. The molecule has 0 atom stereocenters. The van der Waals surface area contributed by atoms with Gasteiger partial charge in [-0.15, -0.1) is 0 Å². The van der Waals surface area contributed by atoms with Crippen LogP contribution in [0.4, 0.5) is 0 Å². The van der Waals surface area contributed by atoms with E-state index in [0.29, 0.717) is 0 Å². The number of pyridine rings is 2. The molecule has 0 saturated carbocycles. The first-order valence-corrected chi connectivity index (χ1v) is 13.2. The average Bonchev–Trinajstić information content (AvgIpc) is 3.24. The summed E-state index contributed by atoms with van der Waals surface area (Å²) in [4.78, 5) is 5.04. The number of nitrogens with zero attached hydrogens (tertiary/aromatic N) is 2. The van der Waals surface area contributed by atoms with Crippen LogP contribution in [-0.4, -0.2) is 18.3 Å². The Morgan fingerprint density at radius 2 is 1.46 bits per heavy atom. The van der Waals surface area contributed by atoms with Crippen LogP contribution in [0.15, 0.2) is 91.3 Å². The molecule has 2 aromatic heterocycles. The number of aromatic nitrogens is 2. The molecular formula is C23H17GeN2+. The van der Waals surface area contributed by atoms with Crippen molar-refractivity contribution in [3.05, 3.63) is 96.8 Å². The third-order valence-corrected chi connectivity index (χ3v) is 15.7. The Hall–Kier alpha value is -2.72. The Bertz CT molecular complexity index is 1060. The Labute approximate surface area is 155 Å². The predicted molar refractivity (Wildman–Crippen MR) is 106 cm³/mol. The van der Waals surface area contributed by atoms with Crippen molar-refractivity contribution < 1.29 is 4.57 Å². The van der Waals surface area contributed by atoms with E-state index in [1.165, 1.54) is 34.5 Å². The van der Waals surface area contributed by atoms with Gasteiger partial charge in [0.25, 0.3) is 0 Å². The Morgan fingerprint density at radius 1 is 0.769 bits per heavy atom. The minimum atomic E-state index is -3.05. The van der Waals surface area contributed by atoms with Gasteiger partial charge in [0, 0.05) is 0 Å².